The van der Waals surface area contributed by atoms with Crippen LogP contribution in [0.3, 0.4) is 0 Å². The van der Waals surface area contributed by atoms with Crippen LogP contribution in [0.5, 0.6) is 0 Å². The second-order valence-electron chi connectivity index (χ2n) is 6.74. The SMILES string of the molecule is C=C(/C=C/C(=C\C=C\N)CS(=O)NCCOCCOCCS)CCCC(C)C. The van der Waals surface area contributed by atoms with Gasteiger partial charge in [0.1, 0.15) is 0 Å². The van der Waals surface area contributed by atoms with Crippen molar-refractivity contribution < 1.29 is 13.7 Å². The van der Waals surface area contributed by atoms with Crippen molar-refractivity contribution in [2.75, 3.05) is 44.5 Å². The normalized spacial score (nSPS) is 13.8. The fraction of sp³-hybridized carbons (Fsp3) is 0.619. The molecule has 0 aliphatic rings. The molecular formula is C21H38N2O3S2. The van der Waals surface area contributed by atoms with Gasteiger partial charge in [-0.05, 0) is 36.6 Å². The van der Waals surface area contributed by atoms with Gasteiger partial charge in [0, 0.05) is 12.3 Å². The highest BCUT2D eigenvalue weighted by molar-refractivity contribution is 7.83. The molecule has 0 saturated heterocycles. The van der Waals surface area contributed by atoms with E-state index < -0.39 is 11.0 Å². The van der Waals surface area contributed by atoms with E-state index in [2.05, 4.69) is 37.8 Å². The molecule has 0 aromatic rings. The lowest BCUT2D eigenvalue weighted by molar-refractivity contribution is 0.0564. The van der Waals surface area contributed by atoms with Crippen molar-refractivity contribution in [3.8, 4) is 0 Å². The van der Waals surface area contributed by atoms with Crippen LogP contribution in [0, 0.1) is 5.92 Å². The van der Waals surface area contributed by atoms with Gasteiger partial charge in [-0.2, -0.15) is 12.6 Å². The van der Waals surface area contributed by atoms with Crippen LogP contribution in [0.2, 0.25) is 0 Å². The Morgan fingerprint density at radius 1 is 1.21 bits per heavy atom. The Bertz CT molecular complexity index is 518. The van der Waals surface area contributed by atoms with Crippen molar-refractivity contribution in [2.24, 2.45) is 11.7 Å². The molecule has 0 bridgehead atoms. The monoisotopic (exact) mass is 430 g/mol. The number of rotatable bonds is 18. The topological polar surface area (TPSA) is 73.6 Å². The number of allylic oxidation sites excluding steroid dienone is 5. The Hall–Kier alpha value is -0.860. The molecule has 0 aliphatic heterocycles. The van der Waals surface area contributed by atoms with E-state index in [0.717, 1.165) is 24.0 Å². The number of nitrogens with two attached hydrogens (primary N) is 1. The minimum Gasteiger partial charge on any atom is -0.405 e. The third kappa shape index (κ3) is 18.5. The highest BCUT2D eigenvalue weighted by Gasteiger charge is 2.02. The average Bonchev–Trinajstić information content (AvgIpc) is 2.65. The van der Waals surface area contributed by atoms with Crippen molar-refractivity contribution in [1.82, 2.24) is 4.72 Å². The quantitative estimate of drug-likeness (QED) is 0.177. The molecule has 0 heterocycles. The first-order valence-corrected chi connectivity index (χ1v) is 11.8. The second-order valence-corrected chi connectivity index (χ2v) is 8.45. The Balaban J connectivity index is 4.21. The third-order valence-corrected chi connectivity index (χ3v) is 4.95. The van der Waals surface area contributed by atoms with Gasteiger partial charge in [-0.25, -0.2) is 8.93 Å². The van der Waals surface area contributed by atoms with Crippen LogP contribution in [0.25, 0.3) is 0 Å². The molecule has 0 aromatic carbocycles. The smallest absolute Gasteiger partial charge is 0.0961 e. The molecule has 0 spiro atoms. The number of hydrogen-bond donors (Lipinski definition) is 3. The molecule has 0 saturated carbocycles. The molecule has 0 amide bonds. The average molecular weight is 431 g/mol. The predicted octanol–water partition coefficient (Wildman–Crippen LogP) is 3.54. The first-order chi connectivity index (χ1) is 13.5. The Morgan fingerprint density at radius 3 is 2.57 bits per heavy atom. The van der Waals surface area contributed by atoms with E-state index in [4.69, 9.17) is 15.2 Å². The highest BCUT2D eigenvalue weighted by atomic mass is 32.2. The Kier molecular flexibility index (Phi) is 18.9. The van der Waals surface area contributed by atoms with Crippen LogP contribution >= 0.6 is 12.6 Å². The summed E-state index contributed by atoms with van der Waals surface area (Å²) in [5.41, 5.74) is 7.43. The lowest BCUT2D eigenvalue weighted by Gasteiger charge is -2.07. The van der Waals surface area contributed by atoms with Gasteiger partial charge in [0.25, 0.3) is 0 Å². The number of ether oxygens (including phenoxy) is 2. The van der Waals surface area contributed by atoms with Gasteiger partial charge < -0.3 is 15.2 Å². The maximum absolute atomic E-state index is 12.2. The van der Waals surface area contributed by atoms with Gasteiger partial charge in [-0.3, -0.25) is 0 Å². The first-order valence-electron chi connectivity index (χ1n) is 9.81. The summed E-state index contributed by atoms with van der Waals surface area (Å²) < 4.78 is 25.9. The molecule has 0 aromatic heterocycles. The maximum Gasteiger partial charge on any atom is 0.0961 e. The summed E-state index contributed by atoms with van der Waals surface area (Å²) in [7, 11) is -1.19. The van der Waals surface area contributed by atoms with Gasteiger partial charge >= 0.3 is 0 Å². The maximum atomic E-state index is 12.2. The Labute approximate surface area is 179 Å². The van der Waals surface area contributed by atoms with Crippen LogP contribution < -0.4 is 10.5 Å². The van der Waals surface area contributed by atoms with Crippen molar-refractivity contribution in [2.45, 2.75) is 33.1 Å². The van der Waals surface area contributed by atoms with E-state index in [0.29, 0.717) is 50.4 Å². The van der Waals surface area contributed by atoms with E-state index in [1.165, 1.54) is 12.6 Å². The molecule has 0 aliphatic carbocycles. The largest absolute Gasteiger partial charge is 0.405 e. The van der Waals surface area contributed by atoms with Crippen molar-refractivity contribution in [3.63, 3.8) is 0 Å². The van der Waals surface area contributed by atoms with Crippen LogP contribution in [0.4, 0.5) is 0 Å². The van der Waals surface area contributed by atoms with Crippen LogP contribution in [0.15, 0.2) is 48.2 Å². The zero-order valence-corrected chi connectivity index (χ0v) is 19.1. The van der Waals surface area contributed by atoms with Crippen LogP contribution in [0.1, 0.15) is 33.1 Å². The predicted molar refractivity (Wildman–Crippen MR) is 125 cm³/mol. The van der Waals surface area contributed by atoms with E-state index in [-0.39, 0.29) is 0 Å². The summed E-state index contributed by atoms with van der Waals surface area (Å²) >= 11 is 4.06. The van der Waals surface area contributed by atoms with Gasteiger partial charge in [-0.15, -0.1) is 0 Å². The first kappa shape index (κ1) is 27.1. The molecule has 0 radical (unpaired) electrons. The molecule has 1 atom stereocenters. The van der Waals surface area contributed by atoms with E-state index >= 15 is 0 Å². The van der Waals surface area contributed by atoms with Crippen molar-refractivity contribution >= 4 is 23.6 Å². The fourth-order valence-corrected chi connectivity index (χ4v) is 3.23. The summed E-state index contributed by atoms with van der Waals surface area (Å²) in [5.74, 6) is 1.81. The molecule has 7 heteroatoms. The lowest BCUT2D eigenvalue weighted by atomic mass is 10.0. The molecule has 5 nitrogen and oxygen atoms in total. The number of hydrogen-bond acceptors (Lipinski definition) is 5. The molecule has 28 heavy (non-hydrogen) atoms. The molecule has 0 fully saturated rings. The third-order valence-electron chi connectivity index (χ3n) is 3.65. The number of thiol groups is 1. The summed E-state index contributed by atoms with van der Waals surface area (Å²) in [6.07, 6.45) is 12.3. The van der Waals surface area contributed by atoms with Crippen LogP contribution in [-0.2, 0) is 20.5 Å². The standard InChI is InChI=1S/C21H38N2O3S2/c1-19(2)6-4-7-20(3)9-10-21(8-5-11-22)18-28(24)23-12-13-25-14-15-26-16-17-27/h5,8-11,19,23,27H,3-4,6-7,12-18,22H2,1-2H3/b10-9+,11-5+,21-8+. The molecule has 1 unspecified atom stereocenters. The van der Waals surface area contributed by atoms with Crippen molar-refractivity contribution in [1.29, 1.82) is 0 Å². The van der Waals surface area contributed by atoms with E-state index in [1.807, 2.05) is 18.2 Å². The van der Waals surface area contributed by atoms with E-state index in [1.54, 1.807) is 6.08 Å². The minimum absolute atomic E-state index is 0.394. The summed E-state index contributed by atoms with van der Waals surface area (Å²) in [6, 6.07) is 0. The molecule has 162 valence electrons. The zero-order chi connectivity index (χ0) is 21.0. The van der Waals surface area contributed by atoms with E-state index in [9.17, 15) is 4.21 Å². The Morgan fingerprint density at radius 2 is 1.93 bits per heavy atom. The molecule has 0 rings (SSSR count). The fourth-order valence-electron chi connectivity index (χ4n) is 2.19. The zero-order valence-electron chi connectivity index (χ0n) is 17.4. The highest BCUT2D eigenvalue weighted by Crippen LogP contribution is 2.13. The second kappa shape index (κ2) is 19.5. The van der Waals surface area contributed by atoms with Gasteiger partial charge in [0.05, 0.1) is 43.2 Å². The summed E-state index contributed by atoms with van der Waals surface area (Å²) in [5, 5.41) is 0. The van der Waals surface area contributed by atoms with Gasteiger partial charge in [0.15, 0.2) is 0 Å². The van der Waals surface area contributed by atoms with Gasteiger partial charge in [0.2, 0.25) is 0 Å². The summed E-state index contributed by atoms with van der Waals surface area (Å²) in [6.45, 7) is 11.3. The van der Waals surface area contributed by atoms with Crippen LogP contribution in [-0.4, -0.2) is 48.7 Å². The number of nitrogens with one attached hydrogen (secondary N) is 1. The van der Waals surface area contributed by atoms with Gasteiger partial charge in [-0.1, -0.05) is 50.6 Å². The minimum atomic E-state index is -1.19. The molecule has 3 N–H and O–H groups in total. The summed E-state index contributed by atoms with van der Waals surface area (Å²) in [4.78, 5) is 0. The van der Waals surface area contributed by atoms with Crippen molar-refractivity contribution in [3.05, 3.63) is 48.2 Å². The lowest BCUT2D eigenvalue weighted by Crippen LogP contribution is -2.25. The molecular weight excluding hydrogens is 392 g/mol.